The lowest BCUT2D eigenvalue weighted by Gasteiger charge is -2.18. The molecule has 0 aromatic heterocycles. The fourth-order valence-corrected chi connectivity index (χ4v) is 0.834. The molecule has 0 rings (SSSR count). The average molecular weight is 236 g/mol. The van der Waals surface area contributed by atoms with Crippen LogP contribution < -0.4 is 5.32 Å². The summed E-state index contributed by atoms with van der Waals surface area (Å²) in [6.07, 6.45) is -4.37. The lowest BCUT2D eigenvalue weighted by molar-refractivity contribution is -0.144. The van der Waals surface area contributed by atoms with E-state index >= 15 is 0 Å². The summed E-state index contributed by atoms with van der Waals surface area (Å²) in [6, 6.07) is -1.15. The van der Waals surface area contributed by atoms with Crippen LogP contribution in [-0.4, -0.2) is 29.8 Å². The number of carboxylic acids is 1. The monoisotopic (exact) mass is 235 g/mol. The second-order valence-corrected chi connectivity index (χ2v) is 3.06. The molecule has 0 aliphatic carbocycles. The van der Waals surface area contributed by atoms with Gasteiger partial charge in [0.05, 0.1) is 6.54 Å². The molecule has 0 amide bonds. The lowest BCUT2D eigenvalue weighted by Crippen LogP contribution is -2.45. The van der Waals surface area contributed by atoms with Gasteiger partial charge in [0.15, 0.2) is 0 Å². The molecule has 0 bridgehead atoms. The van der Waals surface area contributed by atoms with E-state index in [9.17, 15) is 18.0 Å². The molecule has 0 heterocycles. The topological polar surface area (TPSA) is 49.3 Å². The largest absolute Gasteiger partial charge is 0.480 e. The van der Waals surface area contributed by atoms with Gasteiger partial charge in [-0.05, 0) is 5.92 Å². The van der Waals surface area contributed by atoms with Crippen LogP contribution in [0.1, 0.15) is 13.8 Å². The van der Waals surface area contributed by atoms with Crippen molar-refractivity contribution < 1.29 is 23.1 Å². The Morgan fingerprint density at radius 2 is 1.86 bits per heavy atom. The van der Waals surface area contributed by atoms with Crippen LogP contribution >= 0.6 is 12.4 Å². The maximum Gasteiger partial charge on any atom is 0.401 e. The highest BCUT2D eigenvalue weighted by Crippen LogP contribution is 2.13. The van der Waals surface area contributed by atoms with Crippen LogP contribution in [0.5, 0.6) is 0 Å². The minimum Gasteiger partial charge on any atom is -0.480 e. The molecule has 3 nitrogen and oxygen atoms in total. The zero-order valence-electron chi connectivity index (χ0n) is 7.76. The van der Waals surface area contributed by atoms with Crippen molar-refractivity contribution in [2.24, 2.45) is 5.92 Å². The van der Waals surface area contributed by atoms with Crippen molar-refractivity contribution in [3.63, 3.8) is 0 Å². The average Bonchev–Trinajstić information content (AvgIpc) is 1.82. The van der Waals surface area contributed by atoms with Crippen LogP contribution in [0, 0.1) is 5.92 Å². The van der Waals surface area contributed by atoms with Gasteiger partial charge in [-0.2, -0.15) is 13.2 Å². The molecule has 1 atom stereocenters. The number of hydrogen-bond donors (Lipinski definition) is 2. The molecular weight excluding hydrogens is 223 g/mol. The molecule has 0 aliphatic rings. The predicted octanol–water partition coefficient (Wildman–Crippen LogP) is 1.67. The minimum absolute atomic E-state index is 0. The third-order valence-corrected chi connectivity index (χ3v) is 1.46. The van der Waals surface area contributed by atoms with E-state index in [4.69, 9.17) is 5.11 Å². The van der Waals surface area contributed by atoms with Crippen molar-refractivity contribution in [3.05, 3.63) is 0 Å². The number of aliphatic carboxylic acids is 1. The predicted molar refractivity (Wildman–Crippen MR) is 47.6 cm³/mol. The van der Waals surface area contributed by atoms with Crippen molar-refractivity contribution >= 4 is 18.4 Å². The minimum atomic E-state index is -4.37. The first-order chi connectivity index (χ1) is 5.74. The van der Waals surface area contributed by atoms with Crippen LogP contribution in [-0.2, 0) is 4.79 Å². The van der Waals surface area contributed by atoms with E-state index in [0.29, 0.717) is 0 Å². The third-order valence-electron chi connectivity index (χ3n) is 1.46. The van der Waals surface area contributed by atoms with Crippen LogP contribution in [0.3, 0.4) is 0 Å². The molecule has 0 aliphatic heterocycles. The van der Waals surface area contributed by atoms with Crippen LogP contribution in [0.4, 0.5) is 13.2 Å². The zero-order chi connectivity index (χ0) is 10.6. The number of rotatable bonds is 4. The van der Waals surface area contributed by atoms with Gasteiger partial charge in [-0.3, -0.25) is 10.1 Å². The summed E-state index contributed by atoms with van der Waals surface area (Å²) in [5.74, 6) is -1.64. The van der Waals surface area contributed by atoms with E-state index in [-0.39, 0.29) is 18.3 Å². The van der Waals surface area contributed by atoms with Crippen LogP contribution in [0.2, 0.25) is 0 Å². The molecule has 2 N–H and O–H groups in total. The summed E-state index contributed by atoms with van der Waals surface area (Å²) in [5.41, 5.74) is 0. The summed E-state index contributed by atoms with van der Waals surface area (Å²) in [6.45, 7) is 1.81. The lowest BCUT2D eigenvalue weighted by atomic mass is 10.1. The smallest absolute Gasteiger partial charge is 0.401 e. The Hall–Kier alpha value is -0.490. The highest BCUT2D eigenvalue weighted by atomic mass is 35.5. The van der Waals surface area contributed by atoms with E-state index in [1.54, 1.807) is 13.8 Å². The number of halogens is 4. The quantitative estimate of drug-likeness (QED) is 0.779. The summed E-state index contributed by atoms with van der Waals surface area (Å²) in [5, 5.41) is 10.4. The van der Waals surface area contributed by atoms with Crippen molar-refractivity contribution in [1.29, 1.82) is 0 Å². The van der Waals surface area contributed by atoms with Gasteiger partial charge in [-0.25, -0.2) is 0 Å². The van der Waals surface area contributed by atoms with Gasteiger partial charge in [-0.1, -0.05) is 13.8 Å². The molecule has 0 unspecified atom stereocenters. The molecule has 0 spiro atoms. The Kier molecular flexibility index (Phi) is 6.93. The number of carbonyl (C=O) groups is 1. The number of carboxylic acid groups (broad SMARTS) is 1. The Bertz CT molecular complexity index is 184. The van der Waals surface area contributed by atoms with Crippen molar-refractivity contribution in [1.82, 2.24) is 5.32 Å². The summed E-state index contributed by atoms with van der Waals surface area (Å²) in [4.78, 5) is 10.4. The standard InChI is InChI=1S/C7H12F3NO2.ClH/c1-4(2)5(6(12)13)11-3-7(8,9)10;/h4-5,11H,3H2,1-2H3,(H,12,13);1H/t5-;/m0./s1. The number of hydrogen-bond acceptors (Lipinski definition) is 2. The Morgan fingerprint density at radius 1 is 1.43 bits per heavy atom. The molecule has 0 saturated heterocycles. The van der Waals surface area contributed by atoms with Gasteiger partial charge in [0.25, 0.3) is 0 Å². The highest BCUT2D eigenvalue weighted by Gasteiger charge is 2.30. The molecular formula is C7H13ClF3NO2. The normalized spacial score (nSPS) is 13.6. The Labute approximate surface area is 86.1 Å². The Morgan fingerprint density at radius 3 is 2.07 bits per heavy atom. The van der Waals surface area contributed by atoms with E-state index in [0.717, 1.165) is 0 Å². The first-order valence-electron chi connectivity index (χ1n) is 3.77. The summed E-state index contributed by atoms with van der Waals surface area (Å²) < 4.78 is 35.1. The van der Waals surface area contributed by atoms with Gasteiger partial charge in [-0.15, -0.1) is 12.4 Å². The molecule has 0 fully saturated rings. The Balaban J connectivity index is 0. The SMILES string of the molecule is CC(C)[C@H](NCC(F)(F)F)C(=O)O.Cl. The number of nitrogens with one attached hydrogen (secondary N) is 1. The highest BCUT2D eigenvalue weighted by molar-refractivity contribution is 5.85. The molecule has 0 aromatic rings. The second kappa shape index (κ2) is 6.08. The van der Waals surface area contributed by atoms with Gasteiger partial charge < -0.3 is 5.11 Å². The van der Waals surface area contributed by atoms with Gasteiger partial charge in [0.1, 0.15) is 6.04 Å². The van der Waals surface area contributed by atoms with Gasteiger partial charge >= 0.3 is 12.1 Å². The number of alkyl halides is 3. The van der Waals surface area contributed by atoms with Crippen molar-refractivity contribution in [3.8, 4) is 0 Å². The van der Waals surface area contributed by atoms with E-state index in [1.807, 2.05) is 5.32 Å². The first-order valence-corrected chi connectivity index (χ1v) is 3.77. The maximum absolute atomic E-state index is 11.7. The summed E-state index contributed by atoms with van der Waals surface area (Å²) in [7, 11) is 0. The molecule has 14 heavy (non-hydrogen) atoms. The van der Waals surface area contributed by atoms with Crippen LogP contribution in [0.15, 0.2) is 0 Å². The van der Waals surface area contributed by atoms with E-state index in [2.05, 4.69) is 0 Å². The molecule has 7 heteroatoms. The molecule has 0 aromatic carbocycles. The third kappa shape index (κ3) is 6.97. The fourth-order valence-electron chi connectivity index (χ4n) is 0.834. The maximum atomic E-state index is 11.7. The van der Waals surface area contributed by atoms with Gasteiger partial charge in [0.2, 0.25) is 0 Å². The summed E-state index contributed by atoms with van der Waals surface area (Å²) >= 11 is 0. The second-order valence-electron chi connectivity index (χ2n) is 3.06. The molecule has 86 valence electrons. The van der Waals surface area contributed by atoms with Crippen molar-refractivity contribution in [2.75, 3.05) is 6.54 Å². The first kappa shape index (κ1) is 16.0. The fraction of sp³-hybridized carbons (Fsp3) is 0.857. The molecule has 0 radical (unpaired) electrons. The van der Waals surface area contributed by atoms with Gasteiger partial charge in [0, 0.05) is 0 Å². The zero-order valence-corrected chi connectivity index (χ0v) is 8.58. The van der Waals surface area contributed by atoms with E-state index < -0.39 is 24.7 Å². The van der Waals surface area contributed by atoms with Crippen LogP contribution in [0.25, 0.3) is 0 Å². The molecule has 0 saturated carbocycles. The van der Waals surface area contributed by atoms with E-state index in [1.165, 1.54) is 0 Å². The van der Waals surface area contributed by atoms with Crippen molar-refractivity contribution in [2.45, 2.75) is 26.1 Å².